The number of nitrogens with one attached hydrogen (secondary N) is 1. The van der Waals surface area contributed by atoms with Gasteiger partial charge in [0.25, 0.3) is 0 Å². The third-order valence-corrected chi connectivity index (χ3v) is 4.08. The Morgan fingerprint density at radius 2 is 1.80 bits per heavy atom. The van der Waals surface area contributed by atoms with Gasteiger partial charge in [0.2, 0.25) is 0 Å². The van der Waals surface area contributed by atoms with Gasteiger partial charge in [-0.15, -0.1) is 0 Å². The van der Waals surface area contributed by atoms with Gasteiger partial charge in [-0.1, -0.05) is 39.7 Å². The summed E-state index contributed by atoms with van der Waals surface area (Å²) in [4.78, 5) is 4.59. The van der Waals surface area contributed by atoms with Crippen molar-refractivity contribution in [2.45, 2.75) is 72.3 Å². The van der Waals surface area contributed by atoms with Gasteiger partial charge in [0.15, 0.2) is 0 Å². The van der Waals surface area contributed by atoms with Crippen LogP contribution in [0.5, 0.6) is 0 Å². The highest BCUT2D eigenvalue weighted by molar-refractivity contribution is 5.18. The van der Waals surface area contributed by atoms with Crippen LogP contribution >= 0.6 is 0 Å². The van der Waals surface area contributed by atoms with E-state index in [1.807, 2.05) is 12.3 Å². The Bertz CT molecular complexity index is 356. The Morgan fingerprint density at radius 1 is 1.10 bits per heavy atom. The lowest BCUT2D eigenvalue weighted by molar-refractivity contribution is 0.307. The molecule has 2 heteroatoms. The predicted molar refractivity (Wildman–Crippen MR) is 88.1 cm³/mol. The number of aromatic nitrogens is 1. The van der Waals surface area contributed by atoms with Crippen molar-refractivity contribution in [3.63, 3.8) is 0 Å². The van der Waals surface area contributed by atoms with Gasteiger partial charge >= 0.3 is 0 Å². The quantitative estimate of drug-likeness (QED) is 0.680. The monoisotopic (exact) mass is 276 g/mol. The molecule has 1 aromatic heterocycles. The summed E-state index contributed by atoms with van der Waals surface area (Å²) in [6.07, 6.45) is 9.38. The highest BCUT2D eigenvalue weighted by atomic mass is 14.9. The smallest absolute Gasteiger partial charge is 0.0448 e. The van der Waals surface area contributed by atoms with Crippen LogP contribution in [0, 0.1) is 12.8 Å². The average molecular weight is 276 g/mol. The van der Waals surface area contributed by atoms with Crippen molar-refractivity contribution in [3.05, 3.63) is 29.6 Å². The van der Waals surface area contributed by atoms with Gasteiger partial charge in [-0.05, 0) is 50.3 Å². The first kappa shape index (κ1) is 17.2. The summed E-state index contributed by atoms with van der Waals surface area (Å²) in [7, 11) is 0. The molecule has 1 unspecified atom stereocenters. The number of pyridine rings is 1. The lowest BCUT2D eigenvalue weighted by Gasteiger charge is -2.28. The standard InChI is InChI=1S/C18H32N2/c1-5-9-16(10-6-2)18(19-12-7-3)14-17-15(4)11-8-13-20-17/h8,11,13,16,18-19H,5-7,9-10,12,14H2,1-4H3. The lowest BCUT2D eigenvalue weighted by Crippen LogP contribution is -2.39. The minimum Gasteiger partial charge on any atom is -0.313 e. The molecule has 0 aliphatic heterocycles. The summed E-state index contributed by atoms with van der Waals surface area (Å²) >= 11 is 0. The van der Waals surface area contributed by atoms with E-state index >= 15 is 0 Å². The van der Waals surface area contributed by atoms with Crippen LogP contribution in [0.4, 0.5) is 0 Å². The van der Waals surface area contributed by atoms with Gasteiger partial charge in [-0.3, -0.25) is 4.98 Å². The second-order valence-electron chi connectivity index (χ2n) is 5.87. The summed E-state index contributed by atoms with van der Waals surface area (Å²) in [5, 5.41) is 3.77. The summed E-state index contributed by atoms with van der Waals surface area (Å²) in [6.45, 7) is 10.1. The van der Waals surface area contributed by atoms with Crippen molar-refractivity contribution in [2.75, 3.05) is 6.54 Å². The molecule has 0 radical (unpaired) electrons. The Balaban J connectivity index is 2.78. The van der Waals surface area contributed by atoms with E-state index in [0.29, 0.717) is 6.04 Å². The summed E-state index contributed by atoms with van der Waals surface area (Å²) in [6, 6.07) is 4.78. The van der Waals surface area contributed by atoms with Crippen LogP contribution in [0.2, 0.25) is 0 Å². The van der Waals surface area contributed by atoms with Crippen molar-refractivity contribution < 1.29 is 0 Å². The molecule has 0 aromatic carbocycles. The molecule has 2 nitrogen and oxygen atoms in total. The molecular weight excluding hydrogens is 244 g/mol. The van der Waals surface area contributed by atoms with Crippen LogP contribution in [0.15, 0.2) is 18.3 Å². The van der Waals surface area contributed by atoms with E-state index in [-0.39, 0.29) is 0 Å². The van der Waals surface area contributed by atoms with Crippen molar-refractivity contribution in [2.24, 2.45) is 5.92 Å². The molecule has 0 amide bonds. The van der Waals surface area contributed by atoms with Gasteiger partial charge in [-0.25, -0.2) is 0 Å². The zero-order valence-electron chi connectivity index (χ0n) is 13.8. The summed E-state index contributed by atoms with van der Waals surface area (Å²) < 4.78 is 0. The van der Waals surface area contributed by atoms with Crippen molar-refractivity contribution in [1.29, 1.82) is 0 Å². The first-order chi connectivity index (χ1) is 9.72. The second kappa shape index (κ2) is 9.93. The maximum Gasteiger partial charge on any atom is 0.0448 e. The highest BCUT2D eigenvalue weighted by Gasteiger charge is 2.21. The van der Waals surface area contributed by atoms with Gasteiger partial charge in [0.05, 0.1) is 0 Å². The van der Waals surface area contributed by atoms with Crippen molar-refractivity contribution in [1.82, 2.24) is 10.3 Å². The molecule has 0 spiro atoms. The Morgan fingerprint density at radius 3 is 2.35 bits per heavy atom. The van der Waals surface area contributed by atoms with Crippen LogP contribution < -0.4 is 5.32 Å². The van der Waals surface area contributed by atoms with E-state index in [1.54, 1.807) is 0 Å². The number of hydrogen-bond acceptors (Lipinski definition) is 2. The molecule has 0 saturated carbocycles. The molecule has 0 aliphatic rings. The van der Waals surface area contributed by atoms with Gasteiger partial charge < -0.3 is 5.32 Å². The third-order valence-electron chi connectivity index (χ3n) is 4.08. The molecule has 0 saturated heterocycles. The molecule has 1 heterocycles. The van der Waals surface area contributed by atoms with Crippen molar-refractivity contribution in [3.8, 4) is 0 Å². The van der Waals surface area contributed by atoms with Gasteiger partial charge in [-0.2, -0.15) is 0 Å². The van der Waals surface area contributed by atoms with Crippen LogP contribution in [0.1, 0.15) is 64.1 Å². The van der Waals surface area contributed by atoms with Gasteiger partial charge in [0.1, 0.15) is 0 Å². The first-order valence-electron chi connectivity index (χ1n) is 8.36. The molecule has 114 valence electrons. The minimum absolute atomic E-state index is 0.573. The maximum absolute atomic E-state index is 4.59. The SMILES string of the molecule is CCCNC(Cc1ncccc1C)C(CCC)CCC. The van der Waals surface area contributed by atoms with Crippen LogP contribution in [-0.2, 0) is 6.42 Å². The van der Waals surface area contributed by atoms with Crippen LogP contribution in [-0.4, -0.2) is 17.6 Å². The van der Waals surface area contributed by atoms with E-state index in [4.69, 9.17) is 0 Å². The second-order valence-corrected chi connectivity index (χ2v) is 5.87. The van der Waals surface area contributed by atoms with E-state index < -0.39 is 0 Å². The molecular formula is C18H32N2. The molecule has 0 bridgehead atoms. The fourth-order valence-corrected chi connectivity index (χ4v) is 2.96. The molecule has 20 heavy (non-hydrogen) atoms. The zero-order chi connectivity index (χ0) is 14.8. The number of aryl methyl sites for hydroxylation is 1. The first-order valence-corrected chi connectivity index (χ1v) is 8.36. The minimum atomic E-state index is 0.573. The Hall–Kier alpha value is -0.890. The van der Waals surface area contributed by atoms with E-state index in [2.05, 4.69) is 44.1 Å². The highest BCUT2D eigenvalue weighted by Crippen LogP contribution is 2.21. The number of nitrogens with zero attached hydrogens (tertiary/aromatic N) is 1. The lowest BCUT2D eigenvalue weighted by atomic mass is 9.87. The Kier molecular flexibility index (Phi) is 8.52. The third kappa shape index (κ3) is 5.62. The molecule has 1 atom stereocenters. The van der Waals surface area contributed by atoms with Crippen molar-refractivity contribution >= 4 is 0 Å². The normalized spacial score (nSPS) is 12.8. The number of hydrogen-bond donors (Lipinski definition) is 1. The molecule has 1 rings (SSSR count). The Labute approximate surface area is 125 Å². The number of rotatable bonds is 10. The topological polar surface area (TPSA) is 24.9 Å². The summed E-state index contributed by atoms with van der Waals surface area (Å²) in [5.41, 5.74) is 2.58. The maximum atomic E-state index is 4.59. The van der Waals surface area contributed by atoms with E-state index in [1.165, 1.54) is 43.4 Å². The molecule has 1 N–H and O–H groups in total. The summed E-state index contributed by atoms with van der Waals surface area (Å²) in [5.74, 6) is 0.776. The fraction of sp³-hybridized carbons (Fsp3) is 0.722. The van der Waals surface area contributed by atoms with Crippen LogP contribution in [0.3, 0.4) is 0 Å². The van der Waals surface area contributed by atoms with Crippen LogP contribution in [0.25, 0.3) is 0 Å². The van der Waals surface area contributed by atoms with Gasteiger partial charge in [0, 0.05) is 24.4 Å². The molecule has 1 aromatic rings. The molecule has 0 aliphatic carbocycles. The largest absolute Gasteiger partial charge is 0.313 e. The zero-order valence-corrected chi connectivity index (χ0v) is 13.8. The fourth-order valence-electron chi connectivity index (χ4n) is 2.96. The van der Waals surface area contributed by atoms with E-state index in [0.717, 1.165) is 18.9 Å². The molecule has 0 fully saturated rings. The average Bonchev–Trinajstić information content (AvgIpc) is 2.45. The predicted octanol–water partition coefficient (Wildman–Crippen LogP) is 4.52. The van der Waals surface area contributed by atoms with E-state index in [9.17, 15) is 0 Å².